The van der Waals surface area contributed by atoms with Crippen LogP contribution in [-0.2, 0) is 31.9 Å². The molecule has 26 heavy (non-hydrogen) atoms. The van der Waals surface area contributed by atoms with Gasteiger partial charge in [-0.3, -0.25) is 9.36 Å². The van der Waals surface area contributed by atoms with E-state index in [1.807, 2.05) is 0 Å². The van der Waals surface area contributed by atoms with Crippen molar-refractivity contribution in [2.45, 2.75) is 43.6 Å². The summed E-state index contributed by atoms with van der Waals surface area (Å²) in [4.78, 5) is 33.9. The fourth-order valence-electron chi connectivity index (χ4n) is 3.03. The van der Waals surface area contributed by atoms with Crippen LogP contribution < -0.4 is 5.73 Å². The largest absolute Gasteiger partial charge is 0.491 e. The Labute approximate surface area is 148 Å². The Hall–Kier alpha value is -1.70. The van der Waals surface area contributed by atoms with E-state index in [0.29, 0.717) is 18.4 Å². The molecular formula is C16H19F3NO5P. The molecule has 0 radical (unpaired) electrons. The predicted molar refractivity (Wildman–Crippen MR) is 86.5 cm³/mol. The van der Waals surface area contributed by atoms with Crippen LogP contribution in [0.3, 0.4) is 0 Å². The summed E-state index contributed by atoms with van der Waals surface area (Å²) >= 11 is 0. The van der Waals surface area contributed by atoms with E-state index in [9.17, 15) is 32.2 Å². The van der Waals surface area contributed by atoms with E-state index < -0.39 is 30.6 Å². The van der Waals surface area contributed by atoms with E-state index in [1.165, 1.54) is 0 Å². The Bertz CT molecular complexity index is 734. The quantitative estimate of drug-likeness (QED) is 0.463. The van der Waals surface area contributed by atoms with Gasteiger partial charge >= 0.3 is 18.1 Å². The Kier molecular flexibility index (Phi) is 5.95. The fraction of sp³-hybridized carbons (Fsp3) is 0.500. The van der Waals surface area contributed by atoms with Gasteiger partial charge in [0.1, 0.15) is 5.16 Å². The van der Waals surface area contributed by atoms with Crippen LogP contribution in [0, 0.1) is 0 Å². The van der Waals surface area contributed by atoms with Gasteiger partial charge in [-0.1, -0.05) is 30.7 Å². The van der Waals surface area contributed by atoms with E-state index in [0.717, 1.165) is 5.56 Å². The van der Waals surface area contributed by atoms with Crippen molar-refractivity contribution in [1.82, 2.24) is 0 Å². The number of carbonyl (C=O) groups excluding carboxylic acids is 2. The zero-order chi connectivity index (χ0) is 19.6. The molecule has 1 aliphatic heterocycles. The summed E-state index contributed by atoms with van der Waals surface area (Å²) in [6, 6.07) is 6.47. The summed E-state index contributed by atoms with van der Waals surface area (Å²) < 4.78 is 54.0. The van der Waals surface area contributed by atoms with Crippen molar-refractivity contribution in [2.24, 2.45) is 5.73 Å². The molecule has 6 nitrogen and oxygen atoms in total. The average Bonchev–Trinajstić information content (AvgIpc) is 2.56. The van der Waals surface area contributed by atoms with E-state index in [-0.39, 0.29) is 25.5 Å². The lowest BCUT2D eigenvalue weighted by Gasteiger charge is -2.38. The number of benzene rings is 1. The highest BCUT2D eigenvalue weighted by molar-refractivity contribution is 7.60. The molecule has 1 heterocycles. The number of alkyl halides is 3. The summed E-state index contributed by atoms with van der Waals surface area (Å²) in [5, 5.41) is -2.07. The number of rotatable bonds is 4. The first-order chi connectivity index (χ1) is 12.0. The topological polar surface area (TPSA) is 107 Å². The highest BCUT2D eigenvalue weighted by Crippen LogP contribution is 2.62. The second kappa shape index (κ2) is 7.50. The van der Waals surface area contributed by atoms with Gasteiger partial charge in [-0.25, -0.2) is 4.79 Å². The third kappa shape index (κ3) is 4.16. The minimum Gasteiger partial charge on any atom is -0.386 e. The molecule has 1 fully saturated rings. The highest BCUT2D eigenvalue weighted by Gasteiger charge is 2.57. The Balaban J connectivity index is 2.37. The van der Waals surface area contributed by atoms with Crippen LogP contribution in [0.5, 0.6) is 0 Å². The van der Waals surface area contributed by atoms with E-state index in [4.69, 9.17) is 5.73 Å². The molecule has 2 rings (SSSR count). The van der Waals surface area contributed by atoms with Gasteiger partial charge in [0.2, 0.25) is 7.37 Å². The monoisotopic (exact) mass is 393 g/mol. The molecule has 10 heteroatoms. The molecule has 0 saturated carbocycles. The van der Waals surface area contributed by atoms with Crippen LogP contribution in [0.15, 0.2) is 24.3 Å². The highest BCUT2D eigenvalue weighted by atomic mass is 31.2. The molecule has 0 bridgehead atoms. The van der Waals surface area contributed by atoms with Crippen molar-refractivity contribution in [3.8, 4) is 0 Å². The standard InChI is InChI=1S/C16H19F3NO5P/c17-16(18,19)14(22)25-13(21)15(7-1-2-8-26(15,23)24)9-11-3-5-12(10-20)6-4-11/h3-6H,1-2,7-10,20H2,(H,23,24). The predicted octanol–water partition coefficient (Wildman–Crippen LogP) is 2.51. The van der Waals surface area contributed by atoms with Crippen LogP contribution in [-0.4, -0.2) is 34.3 Å². The summed E-state index contributed by atoms with van der Waals surface area (Å²) in [5.74, 6) is -4.29. The van der Waals surface area contributed by atoms with Crippen LogP contribution in [0.25, 0.3) is 0 Å². The first-order valence-electron chi connectivity index (χ1n) is 7.95. The molecule has 0 spiro atoms. The SMILES string of the molecule is NCc1ccc(CC2(C(=O)OC(=O)C(F)(F)F)CCCCP2(=O)O)cc1. The summed E-state index contributed by atoms with van der Waals surface area (Å²) in [5.41, 5.74) is 6.75. The van der Waals surface area contributed by atoms with Gasteiger partial charge < -0.3 is 15.4 Å². The minimum absolute atomic E-state index is 0.136. The Morgan fingerprint density at radius 3 is 2.27 bits per heavy atom. The number of halogens is 3. The van der Waals surface area contributed by atoms with Gasteiger partial charge in [-0.2, -0.15) is 13.2 Å². The van der Waals surface area contributed by atoms with Crippen molar-refractivity contribution in [1.29, 1.82) is 0 Å². The lowest BCUT2D eigenvalue weighted by Crippen LogP contribution is -2.47. The van der Waals surface area contributed by atoms with Crippen LogP contribution >= 0.6 is 7.37 Å². The number of ether oxygens (including phenoxy) is 1. The molecule has 2 unspecified atom stereocenters. The average molecular weight is 393 g/mol. The molecular weight excluding hydrogens is 374 g/mol. The second-order valence-electron chi connectivity index (χ2n) is 6.29. The number of nitrogens with two attached hydrogens (primary N) is 1. The Morgan fingerprint density at radius 1 is 1.19 bits per heavy atom. The van der Waals surface area contributed by atoms with Crippen LogP contribution in [0.2, 0.25) is 0 Å². The van der Waals surface area contributed by atoms with Crippen LogP contribution in [0.4, 0.5) is 13.2 Å². The maximum atomic E-state index is 12.7. The maximum Gasteiger partial charge on any atom is 0.491 e. The molecule has 2 atom stereocenters. The van der Waals surface area contributed by atoms with Crippen molar-refractivity contribution < 1.29 is 37.0 Å². The first-order valence-corrected chi connectivity index (χ1v) is 9.79. The zero-order valence-corrected chi connectivity index (χ0v) is 14.7. The van der Waals surface area contributed by atoms with Gasteiger partial charge in [0.15, 0.2) is 0 Å². The number of hydrogen-bond donors (Lipinski definition) is 2. The molecule has 1 aromatic carbocycles. The van der Waals surface area contributed by atoms with Crippen molar-refractivity contribution in [3.63, 3.8) is 0 Å². The van der Waals surface area contributed by atoms with Crippen molar-refractivity contribution >= 4 is 19.3 Å². The van der Waals surface area contributed by atoms with Gasteiger partial charge in [0, 0.05) is 12.7 Å². The van der Waals surface area contributed by atoms with Gasteiger partial charge in [-0.15, -0.1) is 0 Å². The fourth-order valence-corrected chi connectivity index (χ4v) is 5.38. The number of hydrogen-bond acceptors (Lipinski definition) is 5. The van der Waals surface area contributed by atoms with Crippen molar-refractivity contribution in [2.75, 3.05) is 6.16 Å². The zero-order valence-electron chi connectivity index (χ0n) is 13.8. The molecule has 1 saturated heterocycles. The molecule has 0 aromatic heterocycles. The second-order valence-corrected chi connectivity index (χ2v) is 8.99. The molecule has 1 aromatic rings. The van der Waals surface area contributed by atoms with E-state index >= 15 is 0 Å². The maximum absolute atomic E-state index is 12.7. The number of carbonyl (C=O) groups is 2. The molecule has 144 valence electrons. The Morgan fingerprint density at radius 2 is 1.77 bits per heavy atom. The van der Waals surface area contributed by atoms with E-state index in [1.54, 1.807) is 24.3 Å². The third-order valence-corrected chi connectivity index (χ3v) is 7.35. The first kappa shape index (κ1) is 20.6. The van der Waals surface area contributed by atoms with Gasteiger partial charge in [0.25, 0.3) is 0 Å². The molecule has 1 aliphatic rings. The number of esters is 2. The summed E-state index contributed by atoms with van der Waals surface area (Å²) in [7, 11) is -4.20. The molecule has 0 aliphatic carbocycles. The molecule has 0 amide bonds. The molecule has 3 N–H and O–H groups in total. The summed E-state index contributed by atoms with van der Waals surface area (Å²) in [6.45, 7) is 0.270. The van der Waals surface area contributed by atoms with Gasteiger partial charge in [0.05, 0.1) is 0 Å². The normalized spacial score (nSPS) is 26.3. The van der Waals surface area contributed by atoms with Gasteiger partial charge in [-0.05, 0) is 30.4 Å². The van der Waals surface area contributed by atoms with Crippen LogP contribution in [0.1, 0.15) is 30.4 Å². The third-order valence-electron chi connectivity index (χ3n) is 4.52. The summed E-state index contributed by atoms with van der Waals surface area (Å²) in [6.07, 6.45) is -5.29. The lowest BCUT2D eigenvalue weighted by molar-refractivity contribution is -0.202. The van der Waals surface area contributed by atoms with E-state index in [2.05, 4.69) is 4.74 Å². The van der Waals surface area contributed by atoms with Crippen molar-refractivity contribution in [3.05, 3.63) is 35.4 Å². The minimum atomic E-state index is -5.37. The smallest absolute Gasteiger partial charge is 0.386 e. The lowest BCUT2D eigenvalue weighted by atomic mass is 9.92.